The monoisotopic (exact) mass is 328 g/mol. The number of rotatable bonds is 5. The van der Waals surface area contributed by atoms with Crippen molar-refractivity contribution in [2.45, 2.75) is 45.7 Å². The molecule has 0 radical (unpaired) electrons. The maximum absolute atomic E-state index is 11.5. The van der Waals surface area contributed by atoms with E-state index in [1.807, 2.05) is 31.2 Å². The van der Waals surface area contributed by atoms with Gasteiger partial charge in [-0.2, -0.15) is 0 Å². The first kappa shape index (κ1) is 16.7. The van der Waals surface area contributed by atoms with Gasteiger partial charge in [0.1, 0.15) is 5.76 Å². The molecule has 5 nitrogen and oxygen atoms in total. The molecule has 1 unspecified atom stereocenters. The van der Waals surface area contributed by atoms with Crippen LogP contribution in [0.5, 0.6) is 0 Å². The number of carbonyl (C=O) groups excluding carboxylic acids is 1. The Morgan fingerprint density at radius 1 is 1.38 bits per heavy atom. The van der Waals surface area contributed by atoms with E-state index in [4.69, 9.17) is 9.26 Å². The van der Waals surface area contributed by atoms with Crippen molar-refractivity contribution in [3.63, 3.8) is 0 Å². The van der Waals surface area contributed by atoms with E-state index in [0.717, 1.165) is 37.4 Å². The zero-order chi connectivity index (χ0) is 17.1. The van der Waals surface area contributed by atoms with Gasteiger partial charge < -0.3 is 9.26 Å². The van der Waals surface area contributed by atoms with Crippen molar-refractivity contribution < 1.29 is 14.1 Å². The van der Waals surface area contributed by atoms with Crippen LogP contribution in [0.1, 0.15) is 58.7 Å². The normalized spacial score (nSPS) is 18.0. The predicted octanol–water partition coefficient (Wildman–Crippen LogP) is 3.67. The number of methoxy groups -OCH3 is 1. The Morgan fingerprint density at radius 3 is 2.79 bits per heavy atom. The fraction of sp³-hybridized carbons (Fsp3) is 0.474. The quantitative estimate of drug-likeness (QED) is 0.784. The largest absolute Gasteiger partial charge is 0.465 e. The molecule has 1 atom stereocenters. The molecule has 1 fully saturated rings. The number of likely N-dealkylation sites (tertiary alicyclic amines) is 1. The van der Waals surface area contributed by atoms with Crippen LogP contribution in [0, 0.1) is 6.92 Å². The molecule has 1 saturated heterocycles. The summed E-state index contributed by atoms with van der Waals surface area (Å²) in [7, 11) is 1.40. The van der Waals surface area contributed by atoms with Crippen molar-refractivity contribution in [2.24, 2.45) is 0 Å². The van der Waals surface area contributed by atoms with Crippen LogP contribution < -0.4 is 0 Å². The van der Waals surface area contributed by atoms with Gasteiger partial charge in [0, 0.05) is 24.6 Å². The third-order valence-electron chi connectivity index (χ3n) is 4.76. The molecular formula is C19H24N2O3. The second-order valence-electron chi connectivity index (χ2n) is 6.28. The number of aromatic nitrogens is 1. The summed E-state index contributed by atoms with van der Waals surface area (Å²) in [6, 6.07) is 8.03. The first-order chi connectivity index (χ1) is 11.6. The summed E-state index contributed by atoms with van der Waals surface area (Å²) < 4.78 is 10.2. The Morgan fingerprint density at radius 2 is 2.12 bits per heavy atom. The third kappa shape index (κ3) is 3.22. The summed E-state index contributed by atoms with van der Waals surface area (Å²) in [5.41, 5.74) is 4.05. The van der Waals surface area contributed by atoms with E-state index in [9.17, 15) is 4.79 Å². The maximum atomic E-state index is 11.5. The minimum Gasteiger partial charge on any atom is -0.465 e. The van der Waals surface area contributed by atoms with Crippen LogP contribution >= 0.6 is 0 Å². The van der Waals surface area contributed by atoms with Gasteiger partial charge in [-0.15, -0.1) is 0 Å². The highest BCUT2D eigenvalue weighted by molar-refractivity contribution is 5.89. The van der Waals surface area contributed by atoms with Crippen LogP contribution in [-0.4, -0.2) is 29.7 Å². The zero-order valence-electron chi connectivity index (χ0n) is 14.5. The lowest BCUT2D eigenvalue weighted by Crippen LogP contribution is -2.23. The summed E-state index contributed by atoms with van der Waals surface area (Å²) in [5.74, 6) is 0.707. The number of carbonyl (C=O) groups is 1. The molecule has 0 N–H and O–H groups in total. The summed E-state index contributed by atoms with van der Waals surface area (Å²) in [6.07, 6.45) is 3.18. The van der Waals surface area contributed by atoms with Gasteiger partial charge in [-0.05, 0) is 44.0 Å². The highest BCUT2D eigenvalue weighted by atomic mass is 16.5. The molecule has 1 aromatic heterocycles. The smallest absolute Gasteiger partial charge is 0.337 e. The predicted molar refractivity (Wildman–Crippen MR) is 90.8 cm³/mol. The molecule has 0 bridgehead atoms. The van der Waals surface area contributed by atoms with Gasteiger partial charge in [-0.1, -0.05) is 24.2 Å². The second kappa shape index (κ2) is 7.18. The molecule has 0 saturated carbocycles. The van der Waals surface area contributed by atoms with E-state index in [1.54, 1.807) is 0 Å². The number of aryl methyl sites for hydroxylation is 2. The van der Waals surface area contributed by atoms with Crippen LogP contribution in [0.25, 0.3) is 0 Å². The highest BCUT2D eigenvalue weighted by Gasteiger charge is 2.31. The molecule has 2 aromatic rings. The lowest BCUT2D eigenvalue weighted by molar-refractivity contribution is 0.0600. The molecule has 1 aliphatic heterocycles. The third-order valence-corrected chi connectivity index (χ3v) is 4.76. The number of hydrogen-bond acceptors (Lipinski definition) is 5. The molecule has 1 aromatic carbocycles. The fourth-order valence-corrected chi connectivity index (χ4v) is 3.55. The Balaban J connectivity index is 1.77. The van der Waals surface area contributed by atoms with Crippen molar-refractivity contribution >= 4 is 5.97 Å². The van der Waals surface area contributed by atoms with Gasteiger partial charge in [0.2, 0.25) is 0 Å². The number of hydrogen-bond donors (Lipinski definition) is 0. The Kier molecular flexibility index (Phi) is 5.00. The van der Waals surface area contributed by atoms with Gasteiger partial charge in [-0.3, -0.25) is 4.90 Å². The summed E-state index contributed by atoms with van der Waals surface area (Å²) in [4.78, 5) is 14.0. The first-order valence-corrected chi connectivity index (χ1v) is 8.50. The van der Waals surface area contributed by atoms with Crippen LogP contribution in [-0.2, 0) is 17.7 Å². The van der Waals surface area contributed by atoms with E-state index in [0.29, 0.717) is 11.6 Å². The molecule has 0 aliphatic carbocycles. The topological polar surface area (TPSA) is 55.6 Å². The number of esters is 1. The van der Waals surface area contributed by atoms with Crippen LogP contribution in [0.2, 0.25) is 0 Å². The lowest BCUT2D eigenvalue weighted by atomic mass is 10.0. The molecule has 24 heavy (non-hydrogen) atoms. The van der Waals surface area contributed by atoms with E-state index in [-0.39, 0.29) is 5.97 Å². The molecule has 0 spiro atoms. The molecule has 5 heteroatoms. The Labute approximate surface area is 142 Å². The Hall–Kier alpha value is -2.14. The standard InChI is InChI=1S/C19H24N2O3/c1-4-17-18(13(2)20-24-17)16-6-5-11-21(16)12-14-7-9-15(10-8-14)19(22)23-3/h7-10,16H,4-6,11-12H2,1-3H3. The molecular weight excluding hydrogens is 304 g/mol. The average molecular weight is 328 g/mol. The van der Waals surface area contributed by atoms with Crippen LogP contribution in [0.3, 0.4) is 0 Å². The van der Waals surface area contributed by atoms with Crippen molar-refractivity contribution in [2.75, 3.05) is 13.7 Å². The molecule has 1 aliphatic rings. The van der Waals surface area contributed by atoms with Crippen LogP contribution in [0.4, 0.5) is 0 Å². The van der Waals surface area contributed by atoms with E-state index < -0.39 is 0 Å². The lowest BCUT2D eigenvalue weighted by Gasteiger charge is -2.24. The van der Waals surface area contributed by atoms with Crippen molar-refractivity contribution in [3.8, 4) is 0 Å². The summed E-state index contributed by atoms with van der Waals surface area (Å²) in [6.45, 7) is 6.06. The SMILES string of the molecule is CCc1onc(C)c1C1CCCN1Cc1ccc(C(=O)OC)cc1. The molecule has 128 valence electrons. The first-order valence-electron chi connectivity index (χ1n) is 8.50. The summed E-state index contributed by atoms with van der Waals surface area (Å²) >= 11 is 0. The molecule has 2 heterocycles. The second-order valence-corrected chi connectivity index (χ2v) is 6.28. The Bertz CT molecular complexity index is 706. The van der Waals surface area contributed by atoms with Crippen molar-refractivity contribution in [1.82, 2.24) is 10.1 Å². The molecule has 3 rings (SSSR count). The number of benzene rings is 1. The fourth-order valence-electron chi connectivity index (χ4n) is 3.55. The van der Waals surface area contributed by atoms with Gasteiger partial charge in [0.05, 0.1) is 18.4 Å². The van der Waals surface area contributed by atoms with Crippen molar-refractivity contribution in [3.05, 3.63) is 52.4 Å². The number of nitrogens with zero attached hydrogens (tertiary/aromatic N) is 2. The van der Waals surface area contributed by atoms with Gasteiger partial charge in [0.15, 0.2) is 0 Å². The molecule has 0 amide bonds. The average Bonchev–Trinajstić information content (AvgIpc) is 3.20. The summed E-state index contributed by atoms with van der Waals surface area (Å²) in [5, 5.41) is 4.16. The van der Waals surface area contributed by atoms with Gasteiger partial charge >= 0.3 is 5.97 Å². The minimum absolute atomic E-state index is 0.298. The van der Waals surface area contributed by atoms with Gasteiger partial charge in [0.25, 0.3) is 0 Å². The van der Waals surface area contributed by atoms with E-state index in [2.05, 4.69) is 17.0 Å². The van der Waals surface area contributed by atoms with Gasteiger partial charge in [-0.25, -0.2) is 4.79 Å². The van der Waals surface area contributed by atoms with E-state index in [1.165, 1.54) is 24.7 Å². The minimum atomic E-state index is -0.298. The van der Waals surface area contributed by atoms with E-state index >= 15 is 0 Å². The maximum Gasteiger partial charge on any atom is 0.337 e. The van der Waals surface area contributed by atoms with Crippen LogP contribution in [0.15, 0.2) is 28.8 Å². The number of ether oxygens (including phenoxy) is 1. The zero-order valence-corrected chi connectivity index (χ0v) is 14.5. The highest BCUT2D eigenvalue weighted by Crippen LogP contribution is 2.36. The van der Waals surface area contributed by atoms with Crippen molar-refractivity contribution in [1.29, 1.82) is 0 Å².